The smallest absolute Gasteiger partial charge is 0.0593 e. The fourth-order valence-electron chi connectivity index (χ4n) is 3.20. The van der Waals surface area contributed by atoms with Crippen LogP contribution in [0.3, 0.4) is 0 Å². The SMILES string of the molecule is C[C@H](NC1c2ccccc2-c2ccccc21)c1cccs1. The van der Waals surface area contributed by atoms with Crippen molar-refractivity contribution in [1.29, 1.82) is 0 Å². The highest BCUT2D eigenvalue weighted by Gasteiger charge is 2.28. The number of hydrogen-bond acceptors (Lipinski definition) is 2. The lowest BCUT2D eigenvalue weighted by molar-refractivity contribution is 0.529. The van der Waals surface area contributed by atoms with E-state index in [4.69, 9.17) is 0 Å². The molecule has 0 saturated heterocycles. The van der Waals surface area contributed by atoms with Crippen LogP contribution in [0.25, 0.3) is 11.1 Å². The van der Waals surface area contributed by atoms with Crippen LogP contribution in [0.15, 0.2) is 66.0 Å². The maximum absolute atomic E-state index is 3.80. The van der Waals surface area contributed by atoms with E-state index >= 15 is 0 Å². The Morgan fingerprint density at radius 2 is 1.48 bits per heavy atom. The van der Waals surface area contributed by atoms with Crippen LogP contribution >= 0.6 is 11.3 Å². The van der Waals surface area contributed by atoms with Gasteiger partial charge in [0, 0.05) is 10.9 Å². The van der Waals surface area contributed by atoms with Gasteiger partial charge in [0.15, 0.2) is 0 Å². The van der Waals surface area contributed by atoms with Crippen LogP contribution in [0.2, 0.25) is 0 Å². The van der Waals surface area contributed by atoms with Crippen molar-refractivity contribution in [2.24, 2.45) is 0 Å². The predicted octanol–water partition coefficient (Wildman–Crippen LogP) is 5.17. The molecule has 21 heavy (non-hydrogen) atoms. The second-order valence-corrected chi connectivity index (χ2v) is 6.49. The van der Waals surface area contributed by atoms with E-state index in [2.05, 4.69) is 78.3 Å². The van der Waals surface area contributed by atoms with Crippen molar-refractivity contribution in [2.45, 2.75) is 19.0 Å². The van der Waals surface area contributed by atoms with Crippen LogP contribution in [0.1, 0.15) is 35.0 Å². The van der Waals surface area contributed by atoms with E-state index in [-0.39, 0.29) is 6.04 Å². The van der Waals surface area contributed by atoms with E-state index in [0.29, 0.717) is 6.04 Å². The van der Waals surface area contributed by atoms with Crippen molar-refractivity contribution < 1.29 is 0 Å². The van der Waals surface area contributed by atoms with Crippen LogP contribution in [-0.4, -0.2) is 0 Å². The molecule has 1 nitrogen and oxygen atoms in total. The van der Waals surface area contributed by atoms with Crippen LogP contribution in [-0.2, 0) is 0 Å². The number of fused-ring (bicyclic) bond motifs is 3. The molecule has 1 atom stereocenters. The lowest BCUT2D eigenvalue weighted by Gasteiger charge is -2.20. The Bertz CT molecular complexity index is 715. The molecule has 0 fully saturated rings. The van der Waals surface area contributed by atoms with E-state index in [0.717, 1.165) is 0 Å². The summed E-state index contributed by atoms with van der Waals surface area (Å²) in [6.45, 7) is 2.25. The molecule has 4 rings (SSSR count). The molecule has 0 radical (unpaired) electrons. The van der Waals surface area contributed by atoms with E-state index < -0.39 is 0 Å². The number of rotatable bonds is 3. The van der Waals surface area contributed by atoms with Crippen LogP contribution in [0.4, 0.5) is 0 Å². The summed E-state index contributed by atoms with van der Waals surface area (Å²) >= 11 is 1.81. The highest BCUT2D eigenvalue weighted by molar-refractivity contribution is 7.10. The quantitative estimate of drug-likeness (QED) is 0.702. The highest BCUT2D eigenvalue weighted by atomic mass is 32.1. The van der Waals surface area contributed by atoms with Crippen molar-refractivity contribution in [3.63, 3.8) is 0 Å². The van der Waals surface area contributed by atoms with Crippen LogP contribution in [0.5, 0.6) is 0 Å². The lowest BCUT2D eigenvalue weighted by Crippen LogP contribution is -2.23. The molecule has 0 bridgehead atoms. The van der Waals surface area contributed by atoms with Gasteiger partial charge < -0.3 is 0 Å². The summed E-state index contributed by atoms with van der Waals surface area (Å²) in [7, 11) is 0. The molecule has 0 unspecified atom stereocenters. The summed E-state index contributed by atoms with van der Waals surface area (Å²) in [5.41, 5.74) is 5.51. The van der Waals surface area contributed by atoms with Crippen molar-refractivity contribution in [3.05, 3.63) is 82.0 Å². The van der Waals surface area contributed by atoms with E-state index in [1.807, 2.05) is 11.3 Å². The standard InChI is InChI=1S/C19H17NS/c1-13(18-11-6-12-21-18)20-19-16-9-4-2-7-14(16)15-8-3-5-10-17(15)19/h2-13,19-20H,1H3/t13-/m0/s1. The number of benzene rings is 2. The second-order valence-electron chi connectivity index (χ2n) is 5.51. The molecule has 1 aliphatic rings. The Kier molecular flexibility index (Phi) is 3.13. The lowest BCUT2D eigenvalue weighted by atomic mass is 10.0. The molecule has 0 saturated carbocycles. The third kappa shape index (κ3) is 2.11. The van der Waals surface area contributed by atoms with Gasteiger partial charge in [0.1, 0.15) is 0 Å². The Balaban J connectivity index is 1.75. The first kappa shape index (κ1) is 12.8. The summed E-state index contributed by atoms with van der Waals surface area (Å²) in [4.78, 5) is 1.39. The van der Waals surface area contributed by atoms with Gasteiger partial charge in [0.2, 0.25) is 0 Å². The first-order valence-corrected chi connectivity index (χ1v) is 8.20. The molecule has 2 aromatic carbocycles. The average molecular weight is 291 g/mol. The minimum absolute atomic E-state index is 0.287. The summed E-state index contributed by atoms with van der Waals surface area (Å²) in [5, 5.41) is 5.95. The van der Waals surface area contributed by atoms with Crippen molar-refractivity contribution in [2.75, 3.05) is 0 Å². The van der Waals surface area contributed by atoms with Gasteiger partial charge in [0.05, 0.1) is 6.04 Å². The number of thiophene rings is 1. The topological polar surface area (TPSA) is 12.0 Å². The van der Waals surface area contributed by atoms with Gasteiger partial charge in [-0.3, -0.25) is 5.32 Å². The zero-order chi connectivity index (χ0) is 14.2. The number of nitrogens with one attached hydrogen (secondary N) is 1. The molecular weight excluding hydrogens is 274 g/mol. The fourth-order valence-corrected chi connectivity index (χ4v) is 3.95. The van der Waals surface area contributed by atoms with E-state index in [1.54, 1.807) is 0 Å². The normalized spacial score (nSPS) is 14.7. The Morgan fingerprint density at radius 1 is 0.857 bits per heavy atom. The van der Waals surface area contributed by atoms with Crippen molar-refractivity contribution in [1.82, 2.24) is 5.32 Å². The van der Waals surface area contributed by atoms with Gasteiger partial charge in [-0.2, -0.15) is 0 Å². The molecule has 0 amide bonds. The van der Waals surface area contributed by atoms with Gasteiger partial charge >= 0.3 is 0 Å². The molecule has 3 aromatic rings. The molecule has 0 aliphatic heterocycles. The van der Waals surface area contributed by atoms with E-state index in [9.17, 15) is 0 Å². The fraction of sp³-hybridized carbons (Fsp3) is 0.158. The molecule has 1 heterocycles. The van der Waals surface area contributed by atoms with Crippen molar-refractivity contribution in [3.8, 4) is 11.1 Å². The van der Waals surface area contributed by atoms with Gasteiger partial charge in [-0.25, -0.2) is 0 Å². The Morgan fingerprint density at radius 3 is 2.05 bits per heavy atom. The molecule has 0 spiro atoms. The molecular formula is C19H17NS. The molecule has 2 heteroatoms. The third-order valence-corrected chi connectivity index (χ3v) is 5.28. The third-order valence-electron chi connectivity index (χ3n) is 4.22. The minimum Gasteiger partial charge on any atom is -0.299 e. The maximum atomic E-state index is 3.80. The summed E-state index contributed by atoms with van der Waals surface area (Å²) in [6, 6.07) is 22.4. The first-order chi connectivity index (χ1) is 10.3. The minimum atomic E-state index is 0.287. The van der Waals surface area contributed by atoms with E-state index in [1.165, 1.54) is 27.1 Å². The highest BCUT2D eigenvalue weighted by Crippen LogP contribution is 2.44. The summed E-state index contributed by atoms with van der Waals surface area (Å²) in [5.74, 6) is 0. The van der Waals surface area contributed by atoms with Crippen molar-refractivity contribution >= 4 is 11.3 Å². The zero-order valence-electron chi connectivity index (χ0n) is 11.9. The Hall–Kier alpha value is -1.90. The van der Waals surface area contributed by atoms with Gasteiger partial charge in [-0.15, -0.1) is 11.3 Å². The zero-order valence-corrected chi connectivity index (χ0v) is 12.7. The first-order valence-electron chi connectivity index (χ1n) is 7.32. The average Bonchev–Trinajstić information content (AvgIpc) is 3.15. The monoisotopic (exact) mass is 291 g/mol. The maximum Gasteiger partial charge on any atom is 0.0593 e. The molecule has 1 aliphatic carbocycles. The van der Waals surface area contributed by atoms with Crippen LogP contribution < -0.4 is 5.32 Å². The van der Waals surface area contributed by atoms with Gasteiger partial charge in [0.25, 0.3) is 0 Å². The largest absolute Gasteiger partial charge is 0.299 e. The molecule has 1 aromatic heterocycles. The summed E-state index contributed by atoms with van der Waals surface area (Å²) < 4.78 is 0. The van der Waals surface area contributed by atoms with Crippen LogP contribution in [0, 0.1) is 0 Å². The van der Waals surface area contributed by atoms with Gasteiger partial charge in [-0.05, 0) is 40.6 Å². The van der Waals surface area contributed by atoms with Gasteiger partial charge in [-0.1, -0.05) is 54.6 Å². The molecule has 104 valence electrons. The Labute approximate surface area is 129 Å². The predicted molar refractivity (Wildman–Crippen MR) is 89.6 cm³/mol. The molecule has 1 N–H and O–H groups in total. The number of hydrogen-bond donors (Lipinski definition) is 1. The summed E-state index contributed by atoms with van der Waals surface area (Å²) in [6.07, 6.45) is 0. The second kappa shape index (κ2) is 5.14.